The van der Waals surface area contributed by atoms with Crippen LogP contribution in [-0.2, 0) is 11.3 Å². The molecule has 4 nitrogen and oxygen atoms in total. The van der Waals surface area contributed by atoms with Gasteiger partial charge in [-0.25, -0.2) is 0 Å². The predicted molar refractivity (Wildman–Crippen MR) is 62.3 cm³/mol. The summed E-state index contributed by atoms with van der Waals surface area (Å²) >= 11 is 5.92. The van der Waals surface area contributed by atoms with Crippen molar-refractivity contribution in [2.24, 2.45) is 5.92 Å². The molecule has 0 saturated carbocycles. The second-order valence-electron chi connectivity index (χ2n) is 3.91. The molecule has 1 unspecified atom stereocenters. The van der Waals surface area contributed by atoms with Crippen molar-refractivity contribution in [3.63, 3.8) is 0 Å². The van der Waals surface area contributed by atoms with Crippen molar-refractivity contribution in [1.29, 1.82) is 0 Å². The number of hydrogen-bond acceptors (Lipinski definition) is 3. The zero-order chi connectivity index (χ0) is 12.1. The van der Waals surface area contributed by atoms with Crippen LogP contribution in [0.25, 0.3) is 0 Å². The molecule has 1 aromatic rings. The largest absolute Gasteiger partial charge is 0.480 e. The van der Waals surface area contributed by atoms with E-state index in [4.69, 9.17) is 16.7 Å². The number of aliphatic carboxylic acids is 1. The van der Waals surface area contributed by atoms with Crippen molar-refractivity contribution in [2.75, 3.05) is 0 Å². The lowest BCUT2D eigenvalue weighted by Crippen LogP contribution is -2.40. The number of halogens is 1. The number of nitrogens with one attached hydrogen (secondary N) is 1. The molecule has 0 spiro atoms. The SMILES string of the molecule is CC(C)C(NCc1ccncc1Cl)C(=O)O. The molecule has 0 aromatic carbocycles. The van der Waals surface area contributed by atoms with Crippen LogP contribution >= 0.6 is 11.6 Å². The van der Waals surface area contributed by atoms with Crippen molar-refractivity contribution < 1.29 is 9.90 Å². The molecule has 0 aliphatic carbocycles. The number of carboxylic acids is 1. The van der Waals surface area contributed by atoms with E-state index in [1.165, 1.54) is 0 Å². The topological polar surface area (TPSA) is 62.2 Å². The van der Waals surface area contributed by atoms with E-state index in [0.29, 0.717) is 11.6 Å². The van der Waals surface area contributed by atoms with Crippen LogP contribution in [-0.4, -0.2) is 22.1 Å². The summed E-state index contributed by atoms with van der Waals surface area (Å²) in [6, 6.07) is 1.21. The van der Waals surface area contributed by atoms with Crippen molar-refractivity contribution in [3.8, 4) is 0 Å². The molecule has 1 rings (SSSR count). The zero-order valence-electron chi connectivity index (χ0n) is 9.27. The number of aromatic nitrogens is 1. The smallest absolute Gasteiger partial charge is 0.320 e. The Balaban J connectivity index is 2.63. The van der Waals surface area contributed by atoms with E-state index >= 15 is 0 Å². The standard InChI is InChI=1S/C11H15ClN2O2/c1-7(2)10(11(15)16)14-5-8-3-4-13-6-9(8)12/h3-4,6-7,10,14H,5H2,1-2H3,(H,15,16). The van der Waals surface area contributed by atoms with Gasteiger partial charge < -0.3 is 10.4 Å². The van der Waals surface area contributed by atoms with E-state index in [1.807, 2.05) is 13.8 Å². The first-order valence-corrected chi connectivity index (χ1v) is 5.44. The average molecular weight is 243 g/mol. The predicted octanol–water partition coefficient (Wildman–Crippen LogP) is 1.93. The van der Waals surface area contributed by atoms with Crippen LogP contribution in [0.1, 0.15) is 19.4 Å². The Morgan fingerprint density at radius 3 is 2.81 bits per heavy atom. The highest BCUT2D eigenvalue weighted by Crippen LogP contribution is 2.13. The molecule has 0 radical (unpaired) electrons. The normalized spacial score (nSPS) is 12.8. The van der Waals surface area contributed by atoms with E-state index in [-0.39, 0.29) is 5.92 Å². The number of hydrogen-bond donors (Lipinski definition) is 2. The van der Waals surface area contributed by atoms with Gasteiger partial charge in [0.15, 0.2) is 0 Å². The van der Waals surface area contributed by atoms with Crippen molar-refractivity contribution in [3.05, 3.63) is 29.0 Å². The van der Waals surface area contributed by atoms with E-state index in [1.54, 1.807) is 18.5 Å². The van der Waals surface area contributed by atoms with Gasteiger partial charge in [-0.15, -0.1) is 0 Å². The Morgan fingerprint density at radius 1 is 1.62 bits per heavy atom. The van der Waals surface area contributed by atoms with Crippen LogP contribution in [0.2, 0.25) is 5.02 Å². The van der Waals surface area contributed by atoms with Crippen LogP contribution in [0.3, 0.4) is 0 Å². The summed E-state index contributed by atoms with van der Waals surface area (Å²) in [5, 5.41) is 12.5. The molecule has 0 aliphatic heterocycles. The Morgan fingerprint density at radius 2 is 2.31 bits per heavy atom. The second kappa shape index (κ2) is 5.82. The molecular formula is C11H15ClN2O2. The number of pyridine rings is 1. The third-order valence-corrected chi connectivity index (χ3v) is 2.64. The van der Waals surface area contributed by atoms with Gasteiger partial charge in [0.1, 0.15) is 6.04 Å². The first kappa shape index (κ1) is 12.9. The summed E-state index contributed by atoms with van der Waals surface area (Å²) in [7, 11) is 0. The fraction of sp³-hybridized carbons (Fsp3) is 0.455. The van der Waals surface area contributed by atoms with Crippen LogP contribution in [0, 0.1) is 5.92 Å². The Hall–Kier alpha value is -1.13. The summed E-state index contributed by atoms with van der Waals surface area (Å²) in [4.78, 5) is 14.8. The molecule has 0 amide bonds. The van der Waals surface area contributed by atoms with Gasteiger partial charge in [-0.2, -0.15) is 0 Å². The summed E-state index contributed by atoms with van der Waals surface area (Å²) in [5.41, 5.74) is 0.851. The quantitative estimate of drug-likeness (QED) is 0.828. The maximum Gasteiger partial charge on any atom is 0.320 e. The molecule has 0 bridgehead atoms. The molecule has 16 heavy (non-hydrogen) atoms. The van der Waals surface area contributed by atoms with Gasteiger partial charge in [-0.05, 0) is 17.5 Å². The van der Waals surface area contributed by atoms with Crippen LogP contribution in [0.15, 0.2) is 18.5 Å². The highest BCUT2D eigenvalue weighted by atomic mass is 35.5. The van der Waals surface area contributed by atoms with E-state index in [9.17, 15) is 4.79 Å². The summed E-state index contributed by atoms with van der Waals surface area (Å²) in [6.07, 6.45) is 3.18. The van der Waals surface area contributed by atoms with Gasteiger partial charge in [0, 0.05) is 18.9 Å². The van der Waals surface area contributed by atoms with Crippen LogP contribution < -0.4 is 5.32 Å². The molecule has 1 heterocycles. The maximum absolute atomic E-state index is 10.9. The third kappa shape index (κ3) is 3.47. The Kier molecular flexibility index (Phi) is 4.71. The molecular weight excluding hydrogens is 228 g/mol. The fourth-order valence-electron chi connectivity index (χ4n) is 1.38. The van der Waals surface area contributed by atoms with Gasteiger partial charge in [-0.3, -0.25) is 9.78 Å². The minimum atomic E-state index is -0.847. The molecule has 1 atom stereocenters. The summed E-state index contributed by atoms with van der Waals surface area (Å²) < 4.78 is 0. The highest BCUT2D eigenvalue weighted by Gasteiger charge is 2.20. The molecule has 2 N–H and O–H groups in total. The van der Waals surface area contributed by atoms with Crippen molar-refractivity contribution in [2.45, 2.75) is 26.4 Å². The number of nitrogens with zero attached hydrogens (tertiary/aromatic N) is 1. The van der Waals surface area contributed by atoms with Gasteiger partial charge >= 0.3 is 5.97 Å². The molecule has 0 aliphatic rings. The van der Waals surface area contributed by atoms with Gasteiger partial charge in [0.2, 0.25) is 0 Å². The van der Waals surface area contributed by atoms with E-state index in [0.717, 1.165) is 5.56 Å². The van der Waals surface area contributed by atoms with Crippen molar-refractivity contribution >= 4 is 17.6 Å². The number of carboxylic acid groups (broad SMARTS) is 1. The Labute approximate surface area is 99.6 Å². The molecule has 88 valence electrons. The monoisotopic (exact) mass is 242 g/mol. The van der Waals surface area contributed by atoms with Crippen LogP contribution in [0.5, 0.6) is 0 Å². The van der Waals surface area contributed by atoms with Gasteiger partial charge in [0.25, 0.3) is 0 Å². The Bertz CT molecular complexity index is 369. The lowest BCUT2D eigenvalue weighted by atomic mass is 10.0. The van der Waals surface area contributed by atoms with Gasteiger partial charge in [-0.1, -0.05) is 25.4 Å². The molecule has 0 fully saturated rings. The minimum Gasteiger partial charge on any atom is -0.480 e. The minimum absolute atomic E-state index is 0.0260. The zero-order valence-corrected chi connectivity index (χ0v) is 10.0. The van der Waals surface area contributed by atoms with Crippen LogP contribution in [0.4, 0.5) is 0 Å². The fourth-order valence-corrected chi connectivity index (χ4v) is 1.56. The molecule has 5 heteroatoms. The number of rotatable bonds is 5. The molecule has 1 aromatic heterocycles. The van der Waals surface area contributed by atoms with Crippen molar-refractivity contribution in [1.82, 2.24) is 10.3 Å². The first-order chi connectivity index (χ1) is 7.52. The highest BCUT2D eigenvalue weighted by molar-refractivity contribution is 6.31. The summed E-state index contributed by atoms with van der Waals surface area (Å²) in [5.74, 6) is -0.821. The van der Waals surface area contributed by atoms with Gasteiger partial charge in [0.05, 0.1) is 5.02 Å². The average Bonchev–Trinajstić information content (AvgIpc) is 2.20. The van der Waals surface area contributed by atoms with E-state index < -0.39 is 12.0 Å². The second-order valence-corrected chi connectivity index (χ2v) is 4.32. The third-order valence-electron chi connectivity index (χ3n) is 2.30. The number of carbonyl (C=O) groups is 1. The first-order valence-electron chi connectivity index (χ1n) is 5.07. The molecule has 0 saturated heterocycles. The maximum atomic E-state index is 10.9. The lowest BCUT2D eigenvalue weighted by molar-refractivity contribution is -0.140. The van der Waals surface area contributed by atoms with E-state index in [2.05, 4.69) is 10.3 Å². The lowest BCUT2D eigenvalue weighted by Gasteiger charge is -2.18. The summed E-state index contributed by atoms with van der Waals surface area (Å²) in [6.45, 7) is 4.15.